The highest BCUT2D eigenvalue weighted by Crippen LogP contribution is 2.49. The second kappa shape index (κ2) is 8.85. The van der Waals surface area contributed by atoms with E-state index in [0.717, 1.165) is 38.9 Å². The highest BCUT2D eigenvalue weighted by molar-refractivity contribution is 7.12. The highest BCUT2D eigenvalue weighted by Gasteiger charge is 2.36. The lowest BCUT2D eigenvalue weighted by atomic mass is 9.77. The molecule has 1 unspecified atom stereocenters. The average molecular weight is 494 g/mol. The first-order chi connectivity index (χ1) is 17.2. The maximum Gasteiger partial charge on any atom is 0.205 e. The molecule has 0 saturated carbocycles. The molecule has 4 aromatic rings. The summed E-state index contributed by atoms with van der Waals surface area (Å²) in [5, 5.41) is 13.1. The molecule has 180 valence electrons. The Hall–Kier alpha value is -4.08. The van der Waals surface area contributed by atoms with Gasteiger partial charge in [-0.3, -0.25) is 4.79 Å². The average Bonchev–Trinajstić information content (AvgIpc) is 3.48. The predicted octanol–water partition coefficient (Wildman–Crippen LogP) is 6.95. The number of nitrogens with one attached hydrogen (secondary N) is 1. The molecule has 2 aromatic heterocycles. The maximum absolute atomic E-state index is 12.7. The number of aryl methyl sites for hydroxylation is 1. The lowest BCUT2D eigenvalue weighted by Crippen LogP contribution is -2.25. The summed E-state index contributed by atoms with van der Waals surface area (Å²) in [6.07, 6.45) is 3.44. The Bertz CT molecular complexity index is 1590. The molecule has 0 saturated heterocycles. The van der Waals surface area contributed by atoms with Crippen LogP contribution in [0.4, 0.5) is 0 Å². The SMILES string of the molecule is Cc1[nH]c2ccccc2c1C1C(C#N)=C(N)Oc2c1cc(/C=C/C(=O)c1cccs1)cc2C(C)(C)C. The molecule has 2 aromatic carbocycles. The van der Waals surface area contributed by atoms with Gasteiger partial charge < -0.3 is 15.5 Å². The number of para-hydroxylation sites is 1. The molecule has 3 heterocycles. The van der Waals surface area contributed by atoms with E-state index in [1.165, 1.54) is 11.3 Å². The van der Waals surface area contributed by atoms with E-state index in [-0.39, 0.29) is 17.1 Å². The van der Waals surface area contributed by atoms with Crippen LogP contribution in [0.5, 0.6) is 5.75 Å². The Labute approximate surface area is 214 Å². The third kappa shape index (κ3) is 4.02. The van der Waals surface area contributed by atoms with E-state index in [1.807, 2.05) is 60.8 Å². The molecular weight excluding hydrogens is 466 g/mol. The number of fused-ring (bicyclic) bond motifs is 2. The fourth-order valence-corrected chi connectivity index (χ4v) is 5.53. The first-order valence-corrected chi connectivity index (χ1v) is 12.7. The predicted molar refractivity (Wildman–Crippen MR) is 145 cm³/mol. The van der Waals surface area contributed by atoms with Crippen LogP contribution in [0.3, 0.4) is 0 Å². The smallest absolute Gasteiger partial charge is 0.205 e. The second-order valence-electron chi connectivity index (χ2n) is 10.0. The Morgan fingerprint density at radius 3 is 2.67 bits per heavy atom. The topological polar surface area (TPSA) is 91.9 Å². The zero-order valence-corrected chi connectivity index (χ0v) is 21.5. The van der Waals surface area contributed by atoms with Gasteiger partial charge in [0.1, 0.15) is 17.4 Å². The summed E-state index contributed by atoms with van der Waals surface area (Å²) in [6, 6.07) is 18.1. The van der Waals surface area contributed by atoms with Crippen molar-refractivity contribution >= 4 is 34.1 Å². The van der Waals surface area contributed by atoms with Crippen molar-refractivity contribution in [3.63, 3.8) is 0 Å². The number of aromatic amines is 1. The fraction of sp³-hybridized carbons (Fsp3) is 0.200. The molecule has 0 radical (unpaired) electrons. The summed E-state index contributed by atoms with van der Waals surface area (Å²) in [7, 11) is 0. The molecular formula is C30H27N3O2S. The highest BCUT2D eigenvalue weighted by atomic mass is 32.1. The number of rotatable bonds is 4. The van der Waals surface area contributed by atoms with Gasteiger partial charge in [-0.25, -0.2) is 0 Å². The minimum Gasteiger partial charge on any atom is -0.440 e. The number of carbonyl (C=O) groups excluding carboxylic acids is 1. The lowest BCUT2D eigenvalue weighted by Gasteiger charge is -2.32. The lowest BCUT2D eigenvalue weighted by molar-refractivity contribution is 0.105. The van der Waals surface area contributed by atoms with Crippen molar-refractivity contribution in [2.45, 2.75) is 39.0 Å². The molecule has 5 nitrogen and oxygen atoms in total. The van der Waals surface area contributed by atoms with Crippen LogP contribution < -0.4 is 10.5 Å². The van der Waals surface area contributed by atoms with Crippen molar-refractivity contribution in [3.8, 4) is 11.8 Å². The molecule has 3 N–H and O–H groups in total. The summed E-state index contributed by atoms with van der Waals surface area (Å²) < 4.78 is 6.15. The third-order valence-electron chi connectivity index (χ3n) is 6.57. The standard InChI is InChI=1S/C30H27N3O2S/c1-17-26(19-8-5-6-9-23(19)33-17)27-20-14-18(11-12-24(34)25-10-7-13-36-25)15-22(30(2,3)4)28(20)35-29(32)21(27)16-31/h5-15,27,33H,32H2,1-4H3/b12-11+. The summed E-state index contributed by atoms with van der Waals surface area (Å²) in [6.45, 7) is 8.36. The van der Waals surface area contributed by atoms with Gasteiger partial charge in [-0.2, -0.15) is 5.26 Å². The Morgan fingerprint density at radius 1 is 1.19 bits per heavy atom. The van der Waals surface area contributed by atoms with Crippen molar-refractivity contribution in [1.29, 1.82) is 5.26 Å². The number of thiophene rings is 1. The number of aromatic nitrogens is 1. The Kier molecular flexibility index (Phi) is 5.82. The van der Waals surface area contributed by atoms with Crippen LogP contribution in [0.25, 0.3) is 17.0 Å². The van der Waals surface area contributed by atoms with Crippen LogP contribution in [-0.4, -0.2) is 10.8 Å². The molecule has 0 spiro atoms. The quantitative estimate of drug-likeness (QED) is 0.238. The molecule has 1 atom stereocenters. The zero-order valence-electron chi connectivity index (χ0n) is 20.7. The molecule has 5 rings (SSSR count). The largest absolute Gasteiger partial charge is 0.440 e. The van der Waals surface area contributed by atoms with Gasteiger partial charge in [0.25, 0.3) is 0 Å². The number of allylic oxidation sites excluding steroid dienone is 2. The van der Waals surface area contributed by atoms with Gasteiger partial charge in [0.05, 0.1) is 10.8 Å². The molecule has 0 aliphatic carbocycles. The normalized spacial score (nSPS) is 15.7. The van der Waals surface area contributed by atoms with Crippen LogP contribution >= 0.6 is 11.3 Å². The number of ketones is 1. The molecule has 1 aliphatic heterocycles. The number of nitrogens with two attached hydrogens (primary N) is 1. The van der Waals surface area contributed by atoms with Crippen LogP contribution in [0.2, 0.25) is 0 Å². The molecule has 0 bridgehead atoms. The van der Waals surface area contributed by atoms with Crippen molar-refractivity contribution in [3.05, 3.63) is 104 Å². The van der Waals surface area contributed by atoms with Gasteiger partial charge in [-0.1, -0.05) is 51.1 Å². The van der Waals surface area contributed by atoms with E-state index < -0.39 is 5.92 Å². The van der Waals surface area contributed by atoms with E-state index in [9.17, 15) is 10.1 Å². The van der Waals surface area contributed by atoms with Crippen molar-refractivity contribution in [2.24, 2.45) is 5.73 Å². The van der Waals surface area contributed by atoms with Crippen molar-refractivity contribution in [2.75, 3.05) is 0 Å². The Balaban J connectivity index is 1.75. The summed E-state index contributed by atoms with van der Waals surface area (Å²) >= 11 is 1.42. The summed E-state index contributed by atoms with van der Waals surface area (Å²) in [5.41, 5.74) is 12.2. The second-order valence-corrected chi connectivity index (χ2v) is 11.0. The van der Waals surface area contributed by atoms with Gasteiger partial charge in [0.2, 0.25) is 5.88 Å². The van der Waals surface area contributed by atoms with E-state index in [0.29, 0.717) is 16.2 Å². The molecule has 6 heteroatoms. The summed E-state index contributed by atoms with van der Waals surface area (Å²) in [4.78, 5) is 16.8. The number of H-pyrrole nitrogens is 1. The maximum atomic E-state index is 12.7. The van der Waals surface area contributed by atoms with E-state index in [1.54, 1.807) is 6.08 Å². The zero-order chi connectivity index (χ0) is 25.6. The minimum absolute atomic E-state index is 0.0397. The number of ether oxygens (including phenoxy) is 1. The van der Waals surface area contributed by atoms with Gasteiger partial charge in [-0.15, -0.1) is 11.3 Å². The van der Waals surface area contributed by atoms with Crippen molar-refractivity contribution in [1.82, 2.24) is 4.98 Å². The monoisotopic (exact) mass is 493 g/mol. The van der Waals surface area contributed by atoms with Gasteiger partial charge in [-0.05, 0) is 59.2 Å². The third-order valence-corrected chi connectivity index (χ3v) is 7.45. The summed E-state index contributed by atoms with van der Waals surface area (Å²) in [5.74, 6) is 0.358. The number of nitrogens with zero attached hydrogens (tertiary/aromatic N) is 1. The number of hydrogen-bond donors (Lipinski definition) is 2. The van der Waals surface area contributed by atoms with Crippen LogP contribution in [0.15, 0.2) is 71.4 Å². The Morgan fingerprint density at radius 2 is 1.97 bits per heavy atom. The van der Waals surface area contributed by atoms with E-state index >= 15 is 0 Å². The fourth-order valence-electron chi connectivity index (χ4n) is 4.88. The van der Waals surface area contributed by atoms with Gasteiger partial charge >= 0.3 is 0 Å². The molecule has 1 aliphatic rings. The first-order valence-electron chi connectivity index (χ1n) is 11.8. The van der Waals surface area contributed by atoms with Gasteiger partial charge in [0.15, 0.2) is 5.78 Å². The van der Waals surface area contributed by atoms with Crippen LogP contribution in [-0.2, 0) is 5.41 Å². The number of hydrogen-bond acceptors (Lipinski definition) is 5. The number of benzene rings is 2. The van der Waals surface area contributed by atoms with Crippen LogP contribution in [0.1, 0.15) is 64.3 Å². The number of nitriles is 1. The molecule has 36 heavy (non-hydrogen) atoms. The van der Waals surface area contributed by atoms with Gasteiger partial charge in [0, 0.05) is 27.7 Å². The van der Waals surface area contributed by atoms with E-state index in [2.05, 4.69) is 37.9 Å². The molecule has 0 fully saturated rings. The van der Waals surface area contributed by atoms with Crippen LogP contribution in [0, 0.1) is 18.3 Å². The minimum atomic E-state index is -0.405. The molecule has 0 amide bonds. The van der Waals surface area contributed by atoms with Crippen molar-refractivity contribution < 1.29 is 9.53 Å². The first kappa shape index (κ1) is 23.7. The van der Waals surface area contributed by atoms with E-state index in [4.69, 9.17) is 10.5 Å². The number of carbonyl (C=O) groups is 1.